The second-order valence-corrected chi connectivity index (χ2v) is 5.28. The quantitative estimate of drug-likeness (QED) is 0.732. The maximum atomic E-state index is 12.0. The predicted molar refractivity (Wildman–Crippen MR) is 67.8 cm³/mol. The zero-order valence-corrected chi connectivity index (χ0v) is 11.1. The summed E-state index contributed by atoms with van der Waals surface area (Å²) in [5.41, 5.74) is -0.100. The number of amides is 1. The molecule has 1 fully saturated rings. The molecule has 2 heterocycles. The molecule has 2 rings (SSSR count). The zero-order valence-electron chi connectivity index (χ0n) is 11.1. The number of carboxylic acid groups (broad SMARTS) is 1. The van der Waals surface area contributed by atoms with Crippen molar-refractivity contribution >= 4 is 17.6 Å². The van der Waals surface area contributed by atoms with Crippen LogP contribution < -0.4 is 5.32 Å². The lowest BCUT2D eigenvalue weighted by Gasteiger charge is -2.35. The van der Waals surface area contributed by atoms with Crippen molar-refractivity contribution in [2.24, 2.45) is 11.1 Å². The molecule has 106 valence electrons. The molecule has 3 atom stereocenters. The normalized spacial score (nSPS) is 31.5. The van der Waals surface area contributed by atoms with Gasteiger partial charge in [0.1, 0.15) is 0 Å². The average molecular weight is 269 g/mol. The van der Waals surface area contributed by atoms with Crippen molar-refractivity contribution in [3.05, 3.63) is 0 Å². The Labute approximate surface area is 111 Å². The number of oxime groups is 1. The number of carbonyl (C=O) groups is 2. The minimum atomic E-state index is -1.14. The standard InChI is InChI=1S/C12H19N3O4/c1-7-6-15(2)4-3-8(7)13-11(16)10-5-9(12(17)18)14-19-10/h7-8,10H,3-6H2,1-2H3,(H,13,16)(H,17,18). The number of hydrogen-bond acceptors (Lipinski definition) is 5. The molecule has 1 amide bonds. The first-order valence-electron chi connectivity index (χ1n) is 6.42. The molecule has 0 aromatic rings. The van der Waals surface area contributed by atoms with Crippen LogP contribution in [0.15, 0.2) is 5.16 Å². The number of rotatable bonds is 3. The van der Waals surface area contributed by atoms with Gasteiger partial charge in [0.2, 0.25) is 6.10 Å². The molecule has 3 unspecified atom stereocenters. The summed E-state index contributed by atoms with van der Waals surface area (Å²) in [6, 6.07) is 0.112. The van der Waals surface area contributed by atoms with Gasteiger partial charge < -0.3 is 20.2 Å². The summed E-state index contributed by atoms with van der Waals surface area (Å²) in [5, 5.41) is 15.1. The average Bonchev–Trinajstić information content (AvgIpc) is 2.82. The lowest BCUT2D eigenvalue weighted by molar-refractivity contribution is -0.132. The molecule has 2 N–H and O–H groups in total. The van der Waals surface area contributed by atoms with Crippen LogP contribution >= 0.6 is 0 Å². The molecule has 0 aliphatic carbocycles. The summed E-state index contributed by atoms with van der Waals surface area (Å²) in [4.78, 5) is 29.8. The van der Waals surface area contributed by atoms with Crippen LogP contribution in [0.1, 0.15) is 19.8 Å². The van der Waals surface area contributed by atoms with Gasteiger partial charge in [-0.2, -0.15) is 0 Å². The first-order valence-corrected chi connectivity index (χ1v) is 6.42. The van der Waals surface area contributed by atoms with Crippen LogP contribution in [0.5, 0.6) is 0 Å². The van der Waals surface area contributed by atoms with Crippen molar-refractivity contribution in [3.8, 4) is 0 Å². The smallest absolute Gasteiger partial charge is 0.353 e. The Bertz CT molecular complexity index is 410. The highest BCUT2D eigenvalue weighted by Crippen LogP contribution is 2.17. The molecule has 2 aliphatic heterocycles. The van der Waals surface area contributed by atoms with E-state index in [1.165, 1.54) is 0 Å². The lowest BCUT2D eigenvalue weighted by atomic mass is 9.94. The van der Waals surface area contributed by atoms with E-state index in [0.717, 1.165) is 19.5 Å². The maximum absolute atomic E-state index is 12.0. The molecule has 0 saturated carbocycles. The monoisotopic (exact) mass is 269 g/mol. The Kier molecular flexibility index (Phi) is 4.04. The van der Waals surface area contributed by atoms with Crippen LogP contribution in [0.3, 0.4) is 0 Å². The Morgan fingerprint density at radius 2 is 2.26 bits per heavy atom. The third kappa shape index (κ3) is 3.23. The molecule has 0 spiro atoms. The van der Waals surface area contributed by atoms with E-state index in [2.05, 4.69) is 29.3 Å². The van der Waals surface area contributed by atoms with Crippen LogP contribution in [-0.2, 0) is 14.4 Å². The topological polar surface area (TPSA) is 91.2 Å². The summed E-state index contributed by atoms with van der Waals surface area (Å²) in [6.07, 6.45) is 0.114. The van der Waals surface area contributed by atoms with Gasteiger partial charge in [0, 0.05) is 19.0 Å². The Hall–Kier alpha value is -1.63. The van der Waals surface area contributed by atoms with Crippen LogP contribution in [0, 0.1) is 5.92 Å². The van der Waals surface area contributed by atoms with E-state index in [1.54, 1.807) is 0 Å². The van der Waals surface area contributed by atoms with Gasteiger partial charge in [-0.3, -0.25) is 4.79 Å². The molecular formula is C12H19N3O4. The molecule has 1 saturated heterocycles. The van der Waals surface area contributed by atoms with Gasteiger partial charge in [-0.05, 0) is 25.9 Å². The second kappa shape index (κ2) is 5.56. The molecule has 19 heavy (non-hydrogen) atoms. The fourth-order valence-corrected chi connectivity index (χ4v) is 2.49. The highest BCUT2D eigenvalue weighted by Gasteiger charge is 2.34. The molecular weight excluding hydrogens is 250 g/mol. The maximum Gasteiger partial charge on any atom is 0.353 e. The predicted octanol–water partition coefficient (Wildman–Crippen LogP) is -0.328. The summed E-state index contributed by atoms with van der Waals surface area (Å²) >= 11 is 0. The number of nitrogens with one attached hydrogen (secondary N) is 1. The van der Waals surface area contributed by atoms with E-state index in [-0.39, 0.29) is 24.1 Å². The van der Waals surface area contributed by atoms with E-state index in [9.17, 15) is 9.59 Å². The highest BCUT2D eigenvalue weighted by molar-refractivity contribution is 6.36. The Morgan fingerprint density at radius 3 is 2.84 bits per heavy atom. The third-order valence-electron chi connectivity index (χ3n) is 3.64. The van der Waals surface area contributed by atoms with Gasteiger partial charge in [0.05, 0.1) is 0 Å². The van der Waals surface area contributed by atoms with Crippen molar-refractivity contribution in [1.29, 1.82) is 0 Å². The third-order valence-corrected chi connectivity index (χ3v) is 3.64. The number of hydrogen-bond donors (Lipinski definition) is 2. The van der Waals surface area contributed by atoms with Gasteiger partial charge in [-0.15, -0.1) is 0 Å². The van der Waals surface area contributed by atoms with Crippen molar-refractivity contribution in [3.63, 3.8) is 0 Å². The molecule has 7 heteroatoms. The van der Waals surface area contributed by atoms with Gasteiger partial charge in [-0.25, -0.2) is 4.79 Å². The number of carbonyl (C=O) groups excluding carboxylic acids is 1. The number of piperidine rings is 1. The second-order valence-electron chi connectivity index (χ2n) is 5.28. The summed E-state index contributed by atoms with van der Waals surface area (Å²) in [5.74, 6) is -1.05. The molecule has 2 aliphatic rings. The summed E-state index contributed by atoms with van der Waals surface area (Å²) in [6.45, 7) is 3.97. The number of aliphatic carboxylic acids is 1. The molecule has 0 aromatic carbocycles. The van der Waals surface area contributed by atoms with Crippen molar-refractivity contribution in [1.82, 2.24) is 10.2 Å². The van der Waals surface area contributed by atoms with Gasteiger partial charge in [0.15, 0.2) is 5.71 Å². The molecule has 0 bridgehead atoms. The number of carboxylic acids is 1. The van der Waals surface area contributed by atoms with Gasteiger partial charge in [-0.1, -0.05) is 12.1 Å². The zero-order chi connectivity index (χ0) is 14.0. The Morgan fingerprint density at radius 1 is 1.53 bits per heavy atom. The SMILES string of the molecule is CC1CN(C)CCC1NC(=O)C1CC(C(=O)O)=NO1. The number of likely N-dealkylation sites (tertiary alicyclic amines) is 1. The van der Waals surface area contributed by atoms with E-state index < -0.39 is 12.1 Å². The molecule has 0 aromatic heterocycles. The lowest BCUT2D eigenvalue weighted by Crippen LogP contribution is -2.51. The van der Waals surface area contributed by atoms with E-state index >= 15 is 0 Å². The van der Waals surface area contributed by atoms with Crippen LogP contribution in [0.2, 0.25) is 0 Å². The molecule has 0 radical (unpaired) electrons. The largest absolute Gasteiger partial charge is 0.477 e. The van der Waals surface area contributed by atoms with Crippen molar-refractivity contribution < 1.29 is 19.5 Å². The minimum absolute atomic E-state index is 0.0299. The first-order chi connectivity index (χ1) is 8.97. The minimum Gasteiger partial charge on any atom is -0.477 e. The van der Waals surface area contributed by atoms with Crippen molar-refractivity contribution in [2.75, 3.05) is 20.1 Å². The highest BCUT2D eigenvalue weighted by atomic mass is 16.6. The van der Waals surface area contributed by atoms with E-state index in [4.69, 9.17) is 9.94 Å². The van der Waals surface area contributed by atoms with E-state index in [1.807, 2.05) is 0 Å². The Balaban J connectivity index is 1.84. The fraction of sp³-hybridized carbons (Fsp3) is 0.750. The van der Waals surface area contributed by atoms with Crippen molar-refractivity contribution in [2.45, 2.75) is 31.9 Å². The molecule has 7 nitrogen and oxygen atoms in total. The van der Waals surface area contributed by atoms with Crippen LogP contribution in [0.25, 0.3) is 0 Å². The van der Waals surface area contributed by atoms with Crippen LogP contribution in [0.4, 0.5) is 0 Å². The fourth-order valence-electron chi connectivity index (χ4n) is 2.49. The van der Waals surface area contributed by atoms with Crippen LogP contribution in [-0.4, -0.2) is 59.9 Å². The van der Waals surface area contributed by atoms with Gasteiger partial charge in [0.25, 0.3) is 5.91 Å². The summed E-state index contributed by atoms with van der Waals surface area (Å²) < 4.78 is 0. The van der Waals surface area contributed by atoms with E-state index in [0.29, 0.717) is 5.92 Å². The van der Waals surface area contributed by atoms with Gasteiger partial charge >= 0.3 is 5.97 Å². The number of nitrogens with zero attached hydrogens (tertiary/aromatic N) is 2. The first kappa shape index (κ1) is 13.8. The summed E-state index contributed by atoms with van der Waals surface area (Å²) in [7, 11) is 2.06.